The normalized spacial score (nSPS) is 10.8. The molecule has 2 aromatic rings. The molecule has 0 atom stereocenters. The highest BCUT2D eigenvalue weighted by molar-refractivity contribution is 7.80. The highest BCUT2D eigenvalue weighted by atomic mass is 32.1. The Hall–Kier alpha value is -0.740. The molecule has 0 fully saturated rings. The molecule has 0 spiro atoms. The zero-order valence-electron chi connectivity index (χ0n) is 9.17. The first kappa shape index (κ1) is 11.7. The van der Waals surface area contributed by atoms with E-state index >= 15 is 0 Å². The van der Waals surface area contributed by atoms with E-state index in [9.17, 15) is 0 Å². The fourth-order valence-electron chi connectivity index (χ4n) is 1.69. The molecule has 2 nitrogen and oxygen atoms in total. The van der Waals surface area contributed by atoms with E-state index < -0.39 is 0 Å². The van der Waals surface area contributed by atoms with Gasteiger partial charge in [-0.05, 0) is 30.0 Å². The van der Waals surface area contributed by atoms with Crippen molar-refractivity contribution in [2.45, 2.75) is 25.8 Å². The van der Waals surface area contributed by atoms with Crippen LogP contribution in [0, 0.1) is 0 Å². The third kappa shape index (κ3) is 2.89. The molecule has 86 valence electrons. The lowest BCUT2D eigenvalue weighted by molar-refractivity contribution is 0.609. The van der Waals surface area contributed by atoms with Crippen molar-refractivity contribution in [1.29, 1.82) is 0 Å². The summed E-state index contributed by atoms with van der Waals surface area (Å²) < 4.78 is 2.24. The smallest absolute Gasteiger partial charge is 0.149 e. The first-order valence-electron chi connectivity index (χ1n) is 5.57. The van der Waals surface area contributed by atoms with Gasteiger partial charge in [0.2, 0.25) is 0 Å². The minimum absolute atomic E-state index is 0.988. The summed E-state index contributed by atoms with van der Waals surface area (Å²) in [6, 6.07) is 4.19. The van der Waals surface area contributed by atoms with Gasteiger partial charge in [0.1, 0.15) is 5.82 Å². The van der Waals surface area contributed by atoms with Crippen molar-refractivity contribution >= 4 is 24.0 Å². The first-order valence-corrected chi connectivity index (χ1v) is 7.09. The van der Waals surface area contributed by atoms with Crippen molar-refractivity contribution in [1.82, 2.24) is 9.55 Å². The van der Waals surface area contributed by atoms with Gasteiger partial charge in [-0.1, -0.05) is 12.5 Å². The SMILES string of the molecule is SCCCCCn1ccnc1-c1cccs1. The number of nitrogens with zero attached hydrogens (tertiary/aromatic N) is 2. The number of hydrogen-bond acceptors (Lipinski definition) is 3. The maximum absolute atomic E-state index is 4.42. The topological polar surface area (TPSA) is 17.8 Å². The minimum Gasteiger partial charge on any atom is -0.330 e. The van der Waals surface area contributed by atoms with Crippen molar-refractivity contribution in [3.8, 4) is 10.7 Å². The molecule has 0 aromatic carbocycles. The number of thiophene rings is 1. The van der Waals surface area contributed by atoms with Crippen molar-refractivity contribution in [3.05, 3.63) is 29.9 Å². The Morgan fingerprint density at radius 3 is 3.00 bits per heavy atom. The predicted molar refractivity (Wildman–Crippen MR) is 73.2 cm³/mol. The van der Waals surface area contributed by atoms with Gasteiger partial charge in [-0.15, -0.1) is 11.3 Å². The zero-order valence-corrected chi connectivity index (χ0v) is 10.9. The Bertz CT molecular complexity index is 406. The van der Waals surface area contributed by atoms with Crippen molar-refractivity contribution < 1.29 is 0 Å². The van der Waals surface area contributed by atoms with E-state index in [0.29, 0.717) is 0 Å². The van der Waals surface area contributed by atoms with Crippen LogP contribution in [0.25, 0.3) is 10.7 Å². The molecular formula is C12H16N2S2. The number of thiol groups is 1. The number of hydrogen-bond donors (Lipinski definition) is 1. The van der Waals surface area contributed by atoms with Gasteiger partial charge in [0, 0.05) is 18.9 Å². The second-order valence-electron chi connectivity index (χ2n) is 3.71. The molecule has 0 aliphatic heterocycles. The van der Waals surface area contributed by atoms with Gasteiger partial charge >= 0.3 is 0 Å². The molecule has 16 heavy (non-hydrogen) atoms. The van der Waals surface area contributed by atoms with Crippen LogP contribution in [0.15, 0.2) is 29.9 Å². The lowest BCUT2D eigenvalue weighted by Gasteiger charge is -2.05. The van der Waals surface area contributed by atoms with Crippen LogP contribution in [0.4, 0.5) is 0 Å². The number of rotatable bonds is 6. The molecular weight excluding hydrogens is 236 g/mol. The number of unbranched alkanes of at least 4 members (excludes halogenated alkanes) is 2. The van der Waals surface area contributed by atoms with Crippen LogP contribution in [-0.4, -0.2) is 15.3 Å². The van der Waals surface area contributed by atoms with Gasteiger partial charge in [-0.25, -0.2) is 4.98 Å². The molecule has 0 saturated carbocycles. The summed E-state index contributed by atoms with van der Waals surface area (Å²) in [6.07, 6.45) is 7.59. The first-order chi connectivity index (χ1) is 7.92. The number of aromatic nitrogens is 2. The second-order valence-corrected chi connectivity index (χ2v) is 5.10. The third-order valence-corrected chi connectivity index (χ3v) is 3.70. The van der Waals surface area contributed by atoms with E-state index in [-0.39, 0.29) is 0 Å². The molecule has 0 unspecified atom stereocenters. The monoisotopic (exact) mass is 252 g/mol. The maximum atomic E-state index is 4.42. The standard InChI is InChI=1S/C12H16N2S2/c15-9-3-1-2-7-14-8-6-13-12(14)11-5-4-10-16-11/h4-6,8,10,15H,1-3,7,9H2. The van der Waals surface area contributed by atoms with Crippen LogP contribution in [0.5, 0.6) is 0 Å². The summed E-state index contributed by atoms with van der Waals surface area (Å²) >= 11 is 5.96. The van der Waals surface area contributed by atoms with Crippen molar-refractivity contribution in [2.24, 2.45) is 0 Å². The van der Waals surface area contributed by atoms with Gasteiger partial charge in [-0.2, -0.15) is 12.6 Å². The van der Waals surface area contributed by atoms with E-state index in [2.05, 4.69) is 45.9 Å². The van der Waals surface area contributed by atoms with Gasteiger partial charge in [0.05, 0.1) is 4.88 Å². The molecule has 0 aliphatic rings. The zero-order chi connectivity index (χ0) is 11.2. The second kappa shape index (κ2) is 6.11. The Morgan fingerprint density at radius 2 is 2.25 bits per heavy atom. The fraction of sp³-hybridized carbons (Fsp3) is 0.417. The van der Waals surface area contributed by atoms with E-state index in [4.69, 9.17) is 0 Å². The summed E-state index contributed by atoms with van der Waals surface area (Å²) in [5.41, 5.74) is 0. The largest absolute Gasteiger partial charge is 0.330 e. The molecule has 2 rings (SSSR count). The van der Waals surface area contributed by atoms with E-state index in [0.717, 1.165) is 18.1 Å². The van der Waals surface area contributed by atoms with Crippen LogP contribution >= 0.6 is 24.0 Å². The molecule has 0 bridgehead atoms. The van der Waals surface area contributed by atoms with Crippen molar-refractivity contribution in [2.75, 3.05) is 5.75 Å². The molecule has 2 aromatic heterocycles. The number of aryl methyl sites for hydroxylation is 1. The Balaban J connectivity index is 1.97. The average Bonchev–Trinajstić information content (AvgIpc) is 2.94. The molecule has 0 amide bonds. The van der Waals surface area contributed by atoms with Crippen LogP contribution in [0.1, 0.15) is 19.3 Å². The molecule has 0 aliphatic carbocycles. The average molecular weight is 252 g/mol. The van der Waals surface area contributed by atoms with Crippen LogP contribution in [0.3, 0.4) is 0 Å². The van der Waals surface area contributed by atoms with E-state index in [1.807, 2.05) is 6.20 Å². The predicted octanol–water partition coefficient (Wildman–Crippen LogP) is 3.71. The summed E-state index contributed by atoms with van der Waals surface area (Å²) in [6.45, 7) is 1.06. The summed E-state index contributed by atoms with van der Waals surface area (Å²) in [7, 11) is 0. The lowest BCUT2D eigenvalue weighted by Crippen LogP contribution is -1.98. The third-order valence-electron chi connectivity index (χ3n) is 2.51. The van der Waals surface area contributed by atoms with Gasteiger partial charge in [0.15, 0.2) is 0 Å². The van der Waals surface area contributed by atoms with E-state index in [1.54, 1.807) is 11.3 Å². The minimum atomic E-state index is 0.988. The highest BCUT2D eigenvalue weighted by Crippen LogP contribution is 2.23. The van der Waals surface area contributed by atoms with Gasteiger partial charge in [-0.3, -0.25) is 0 Å². The van der Waals surface area contributed by atoms with Crippen molar-refractivity contribution in [3.63, 3.8) is 0 Å². The van der Waals surface area contributed by atoms with E-state index in [1.165, 1.54) is 24.1 Å². The van der Waals surface area contributed by atoms with Crippen LogP contribution in [0.2, 0.25) is 0 Å². The summed E-state index contributed by atoms with van der Waals surface area (Å²) in [4.78, 5) is 5.67. The Labute approximate surface area is 106 Å². The maximum Gasteiger partial charge on any atom is 0.149 e. The fourth-order valence-corrected chi connectivity index (χ4v) is 2.65. The molecule has 0 N–H and O–H groups in total. The molecule has 2 heterocycles. The van der Waals surface area contributed by atoms with Crippen LogP contribution in [-0.2, 0) is 6.54 Å². The molecule has 0 radical (unpaired) electrons. The number of imidazole rings is 1. The quantitative estimate of drug-likeness (QED) is 0.613. The Kier molecular flexibility index (Phi) is 4.48. The molecule has 0 saturated heterocycles. The van der Waals surface area contributed by atoms with Gasteiger partial charge < -0.3 is 4.57 Å². The van der Waals surface area contributed by atoms with Gasteiger partial charge in [0.25, 0.3) is 0 Å². The highest BCUT2D eigenvalue weighted by Gasteiger charge is 2.05. The van der Waals surface area contributed by atoms with Crippen LogP contribution < -0.4 is 0 Å². The summed E-state index contributed by atoms with van der Waals surface area (Å²) in [5, 5.41) is 2.09. The molecule has 4 heteroatoms. The summed E-state index contributed by atoms with van der Waals surface area (Å²) in [5.74, 6) is 2.09. The lowest BCUT2D eigenvalue weighted by atomic mass is 10.2. The Morgan fingerprint density at radius 1 is 1.31 bits per heavy atom.